The fourth-order valence-electron chi connectivity index (χ4n) is 5.17. The molecule has 5 nitrogen and oxygen atoms in total. The smallest absolute Gasteiger partial charge is 0.290 e. The van der Waals surface area contributed by atoms with Crippen molar-refractivity contribution in [2.75, 3.05) is 5.32 Å². The third kappa shape index (κ3) is 5.12. The molecule has 190 valence electrons. The van der Waals surface area contributed by atoms with Gasteiger partial charge in [-0.2, -0.15) is 0 Å². The molecule has 5 heteroatoms. The molecule has 0 spiro atoms. The Hall–Kier alpha value is -4.19. The van der Waals surface area contributed by atoms with E-state index in [0.29, 0.717) is 18.7 Å². The van der Waals surface area contributed by atoms with Crippen LogP contribution in [0.1, 0.15) is 40.2 Å². The average Bonchev–Trinajstić information content (AvgIpc) is 3.35. The number of hydrogen-bond donors (Lipinski definition) is 2. The number of hydrogen-bond acceptors (Lipinski definition) is 4. The summed E-state index contributed by atoms with van der Waals surface area (Å²) in [6, 6.07) is 32.1. The maximum atomic E-state index is 13.2. The molecule has 4 aromatic rings. The standard InChI is InChI=1S/C33H29NO4/c35-20-22-10-12-23(13-11-22)21-37-32-19-27(18-31(38-32)33(36)34-28-7-2-1-3-8-28)24-14-15-26-16-25-6-4-5-9-29(25)30(26)17-24/h1-15,17-18,27,32,35H,16,19-21H2,(H,34,36)/t27-,32+/m0/s1. The highest BCUT2D eigenvalue weighted by Gasteiger charge is 2.30. The van der Waals surface area contributed by atoms with Crippen LogP contribution in [0.5, 0.6) is 0 Å². The van der Waals surface area contributed by atoms with Crippen molar-refractivity contribution in [1.29, 1.82) is 0 Å². The van der Waals surface area contributed by atoms with Crippen LogP contribution in [0, 0.1) is 0 Å². The lowest BCUT2D eigenvalue weighted by molar-refractivity contribution is -0.147. The summed E-state index contributed by atoms with van der Waals surface area (Å²) >= 11 is 0. The molecule has 6 rings (SSSR count). The highest BCUT2D eigenvalue weighted by molar-refractivity contribution is 6.02. The second-order valence-electron chi connectivity index (χ2n) is 9.78. The summed E-state index contributed by atoms with van der Waals surface area (Å²) in [5, 5.41) is 12.2. The van der Waals surface area contributed by atoms with Crippen molar-refractivity contribution in [3.05, 3.63) is 137 Å². The molecule has 0 radical (unpaired) electrons. The number of allylic oxidation sites excluding steroid dienone is 1. The number of amides is 1. The van der Waals surface area contributed by atoms with E-state index >= 15 is 0 Å². The van der Waals surface area contributed by atoms with Crippen LogP contribution < -0.4 is 5.32 Å². The Labute approximate surface area is 222 Å². The van der Waals surface area contributed by atoms with Gasteiger partial charge in [0, 0.05) is 18.0 Å². The fraction of sp³-hybridized carbons (Fsp3) is 0.182. The Balaban J connectivity index is 1.26. The van der Waals surface area contributed by atoms with E-state index in [2.05, 4.69) is 47.8 Å². The van der Waals surface area contributed by atoms with Crippen molar-refractivity contribution in [3.8, 4) is 11.1 Å². The van der Waals surface area contributed by atoms with E-state index in [1.807, 2.05) is 60.7 Å². The van der Waals surface area contributed by atoms with Crippen LogP contribution in [0.4, 0.5) is 5.69 Å². The molecule has 0 bridgehead atoms. The van der Waals surface area contributed by atoms with Gasteiger partial charge in [0.1, 0.15) is 0 Å². The molecule has 38 heavy (non-hydrogen) atoms. The number of benzene rings is 4. The molecule has 1 heterocycles. The zero-order chi connectivity index (χ0) is 25.9. The molecule has 0 saturated carbocycles. The number of carbonyl (C=O) groups excluding carboxylic acids is 1. The average molecular weight is 504 g/mol. The lowest BCUT2D eigenvalue weighted by Crippen LogP contribution is -2.29. The molecule has 1 aliphatic heterocycles. The van der Waals surface area contributed by atoms with Gasteiger partial charge in [-0.15, -0.1) is 0 Å². The Morgan fingerprint density at radius 2 is 1.61 bits per heavy atom. The Bertz CT molecular complexity index is 1480. The molecule has 0 saturated heterocycles. The van der Waals surface area contributed by atoms with Gasteiger partial charge in [0.2, 0.25) is 6.29 Å². The molecule has 2 N–H and O–H groups in total. The summed E-state index contributed by atoms with van der Waals surface area (Å²) in [5.74, 6) is -0.0833. The molecule has 0 fully saturated rings. The topological polar surface area (TPSA) is 67.8 Å². The first kappa shape index (κ1) is 24.2. The van der Waals surface area contributed by atoms with Crippen molar-refractivity contribution in [1.82, 2.24) is 0 Å². The van der Waals surface area contributed by atoms with Gasteiger partial charge in [-0.05, 0) is 63.6 Å². The number of fused-ring (bicyclic) bond motifs is 3. The van der Waals surface area contributed by atoms with E-state index in [1.54, 1.807) is 0 Å². The van der Waals surface area contributed by atoms with Crippen LogP contribution in [0.3, 0.4) is 0 Å². The fourth-order valence-corrected chi connectivity index (χ4v) is 5.17. The number of ether oxygens (including phenoxy) is 2. The number of rotatable bonds is 7. The predicted molar refractivity (Wildman–Crippen MR) is 147 cm³/mol. The summed E-state index contributed by atoms with van der Waals surface area (Å²) in [6.45, 7) is 0.346. The van der Waals surface area contributed by atoms with Crippen LogP contribution in [-0.4, -0.2) is 17.3 Å². The summed E-state index contributed by atoms with van der Waals surface area (Å²) in [6.07, 6.45) is 2.87. The summed E-state index contributed by atoms with van der Waals surface area (Å²) in [5.41, 5.74) is 8.88. The minimum Gasteiger partial charge on any atom is -0.459 e. The molecule has 1 aliphatic carbocycles. The molecule has 0 aromatic heterocycles. The van der Waals surface area contributed by atoms with Crippen LogP contribution in [0.2, 0.25) is 0 Å². The third-order valence-electron chi connectivity index (χ3n) is 7.20. The normalized spacial score (nSPS) is 17.7. The van der Waals surface area contributed by atoms with E-state index < -0.39 is 6.29 Å². The first-order valence-electron chi connectivity index (χ1n) is 12.9. The quantitative estimate of drug-likeness (QED) is 0.273. The highest BCUT2D eigenvalue weighted by atomic mass is 16.7. The second-order valence-corrected chi connectivity index (χ2v) is 9.78. The Morgan fingerprint density at radius 3 is 2.42 bits per heavy atom. The molecule has 2 aliphatic rings. The van der Waals surface area contributed by atoms with Crippen LogP contribution in [-0.2, 0) is 33.9 Å². The zero-order valence-corrected chi connectivity index (χ0v) is 21.0. The number of carbonyl (C=O) groups is 1. The van der Waals surface area contributed by atoms with Crippen molar-refractivity contribution >= 4 is 11.6 Å². The minimum atomic E-state index is -0.584. The van der Waals surface area contributed by atoms with Crippen LogP contribution >= 0.6 is 0 Å². The first-order chi connectivity index (χ1) is 18.7. The van der Waals surface area contributed by atoms with Gasteiger partial charge in [0.05, 0.1) is 13.2 Å². The van der Waals surface area contributed by atoms with Crippen molar-refractivity contribution in [2.45, 2.75) is 38.3 Å². The molecular weight excluding hydrogens is 474 g/mol. The molecule has 4 aromatic carbocycles. The van der Waals surface area contributed by atoms with E-state index in [1.165, 1.54) is 22.3 Å². The van der Waals surface area contributed by atoms with Crippen LogP contribution in [0.25, 0.3) is 11.1 Å². The van der Waals surface area contributed by atoms with Crippen molar-refractivity contribution < 1.29 is 19.4 Å². The van der Waals surface area contributed by atoms with Gasteiger partial charge < -0.3 is 19.9 Å². The third-order valence-corrected chi connectivity index (χ3v) is 7.20. The maximum Gasteiger partial charge on any atom is 0.290 e. The summed E-state index contributed by atoms with van der Waals surface area (Å²) < 4.78 is 12.2. The van der Waals surface area contributed by atoms with E-state index in [-0.39, 0.29) is 24.2 Å². The van der Waals surface area contributed by atoms with Gasteiger partial charge in [0.25, 0.3) is 5.91 Å². The van der Waals surface area contributed by atoms with Gasteiger partial charge >= 0.3 is 0 Å². The predicted octanol–water partition coefficient (Wildman–Crippen LogP) is 6.32. The van der Waals surface area contributed by atoms with Gasteiger partial charge in [0.15, 0.2) is 5.76 Å². The lowest BCUT2D eigenvalue weighted by atomic mass is 9.90. The Kier molecular flexibility index (Phi) is 6.78. The number of nitrogens with one attached hydrogen (secondary N) is 1. The number of aliphatic hydroxyl groups is 1. The van der Waals surface area contributed by atoms with Gasteiger partial charge in [-0.25, -0.2) is 0 Å². The van der Waals surface area contributed by atoms with E-state index in [9.17, 15) is 9.90 Å². The first-order valence-corrected chi connectivity index (χ1v) is 12.9. The molecule has 0 unspecified atom stereocenters. The maximum absolute atomic E-state index is 13.2. The van der Waals surface area contributed by atoms with E-state index in [0.717, 1.165) is 23.1 Å². The number of para-hydroxylation sites is 1. The zero-order valence-electron chi connectivity index (χ0n) is 21.0. The SMILES string of the molecule is O=C(Nc1ccccc1)C1=C[C@H](c2ccc3c(c2)-c2ccccc2C3)C[C@H](OCc2ccc(CO)cc2)O1. The molecule has 1 amide bonds. The monoisotopic (exact) mass is 503 g/mol. The Morgan fingerprint density at radius 1 is 0.868 bits per heavy atom. The molecule has 2 atom stereocenters. The summed E-state index contributed by atoms with van der Waals surface area (Å²) in [7, 11) is 0. The van der Waals surface area contributed by atoms with Crippen molar-refractivity contribution in [2.24, 2.45) is 0 Å². The number of anilines is 1. The van der Waals surface area contributed by atoms with Gasteiger partial charge in [-0.3, -0.25) is 4.79 Å². The van der Waals surface area contributed by atoms with Gasteiger partial charge in [-0.1, -0.05) is 84.9 Å². The second kappa shape index (κ2) is 10.7. The molecular formula is C33H29NO4. The number of aliphatic hydroxyl groups excluding tert-OH is 1. The van der Waals surface area contributed by atoms with Crippen LogP contribution in [0.15, 0.2) is 109 Å². The van der Waals surface area contributed by atoms with E-state index in [4.69, 9.17) is 9.47 Å². The largest absolute Gasteiger partial charge is 0.459 e. The summed E-state index contributed by atoms with van der Waals surface area (Å²) in [4.78, 5) is 13.2. The minimum absolute atomic E-state index is 0.00445. The lowest BCUT2D eigenvalue weighted by Gasteiger charge is -2.29. The highest BCUT2D eigenvalue weighted by Crippen LogP contribution is 2.40. The van der Waals surface area contributed by atoms with Crippen molar-refractivity contribution in [3.63, 3.8) is 0 Å².